The van der Waals surface area contributed by atoms with Crippen LogP contribution in [-0.2, 0) is 6.42 Å². The van der Waals surface area contributed by atoms with Crippen LogP contribution in [0.5, 0.6) is 0 Å². The fraction of sp³-hybridized carbons (Fsp3) is 0.545. The van der Waals surface area contributed by atoms with Crippen LogP contribution in [0, 0.1) is 0 Å². The third-order valence-electron chi connectivity index (χ3n) is 2.82. The first-order valence-electron chi connectivity index (χ1n) is 5.56. The van der Waals surface area contributed by atoms with Crippen molar-refractivity contribution in [3.8, 4) is 0 Å². The largest absolute Gasteiger partial charge is 0.476 e. The summed E-state index contributed by atoms with van der Waals surface area (Å²) in [5, 5.41) is 12.2. The molecule has 1 fully saturated rings. The Hall–Kier alpha value is -1.65. The van der Waals surface area contributed by atoms with Crippen LogP contribution in [0.15, 0.2) is 6.20 Å². The Kier molecular flexibility index (Phi) is 3.03. The van der Waals surface area contributed by atoms with Gasteiger partial charge in [0.15, 0.2) is 5.69 Å². The molecule has 1 aromatic heterocycles. The average molecular weight is 221 g/mol. The highest BCUT2D eigenvalue weighted by Crippen LogP contribution is 2.24. The number of carbonyl (C=O) groups is 1. The molecule has 86 valence electrons. The molecule has 1 aliphatic rings. The van der Waals surface area contributed by atoms with Crippen LogP contribution in [0.2, 0.25) is 0 Å². The second-order valence-electron chi connectivity index (χ2n) is 3.98. The minimum Gasteiger partial charge on any atom is -0.476 e. The molecule has 0 unspecified atom stereocenters. The summed E-state index contributed by atoms with van der Waals surface area (Å²) in [5.41, 5.74) is 0.619. The molecule has 5 heteroatoms. The lowest BCUT2D eigenvalue weighted by molar-refractivity contribution is 0.0691. The summed E-state index contributed by atoms with van der Waals surface area (Å²) in [7, 11) is 0. The van der Waals surface area contributed by atoms with Crippen molar-refractivity contribution in [2.45, 2.75) is 38.6 Å². The van der Waals surface area contributed by atoms with E-state index in [1.54, 1.807) is 6.20 Å². The Labute approximate surface area is 93.9 Å². The molecule has 1 aromatic rings. The van der Waals surface area contributed by atoms with Gasteiger partial charge in [0.05, 0.1) is 11.9 Å². The van der Waals surface area contributed by atoms with E-state index in [1.165, 1.54) is 6.42 Å². The molecule has 1 saturated carbocycles. The number of hydrogen-bond acceptors (Lipinski definition) is 4. The van der Waals surface area contributed by atoms with Crippen LogP contribution in [-0.4, -0.2) is 27.1 Å². The van der Waals surface area contributed by atoms with Crippen molar-refractivity contribution in [3.05, 3.63) is 17.7 Å². The van der Waals surface area contributed by atoms with E-state index in [0.29, 0.717) is 24.0 Å². The quantitative estimate of drug-likeness (QED) is 0.809. The number of nitrogens with zero attached hydrogens (tertiary/aromatic N) is 2. The molecule has 0 saturated heterocycles. The zero-order chi connectivity index (χ0) is 11.5. The fourth-order valence-corrected chi connectivity index (χ4v) is 1.63. The smallest absolute Gasteiger partial charge is 0.356 e. The highest BCUT2D eigenvalue weighted by atomic mass is 16.4. The van der Waals surface area contributed by atoms with E-state index >= 15 is 0 Å². The van der Waals surface area contributed by atoms with Gasteiger partial charge >= 0.3 is 5.97 Å². The van der Waals surface area contributed by atoms with Crippen molar-refractivity contribution in [1.82, 2.24) is 9.97 Å². The SMILES string of the molecule is CCc1ncc(NC2CCC2)c(C(=O)O)n1. The Morgan fingerprint density at radius 2 is 2.38 bits per heavy atom. The van der Waals surface area contributed by atoms with Gasteiger partial charge in [-0.2, -0.15) is 0 Å². The van der Waals surface area contributed by atoms with Crippen LogP contribution in [0.4, 0.5) is 5.69 Å². The van der Waals surface area contributed by atoms with E-state index in [4.69, 9.17) is 5.11 Å². The third-order valence-corrected chi connectivity index (χ3v) is 2.82. The second-order valence-corrected chi connectivity index (χ2v) is 3.98. The van der Waals surface area contributed by atoms with Gasteiger partial charge in [0.1, 0.15) is 5.82 Å². The van der Waals surface area contributed by atoms with Gasteiger partial charge in [-0.15, -0.1) is 0 Å². The summed E-state index contributed by atoms with van der Waals surface area (Å²) in [5.74, 6) is -0.435. The zero-order valence-corrected chi connectivity index (χ0v) is 9.23. The standard InChI is InChI=1S/C11H15N3O2/c1-2-9-12-6-8(10(14-9)11(15)16)13-7-4-3-5-7/h6-7,13H,2-5H2,1H3,(H,15,16). The number of aryl methyl sites for hydroxylation is 1. The maximum atomic E-state index is 11.0. The number of aromatic nitrogens is 2. The van der Waals surface area contributed by atoms with E-state index in [9.17, 15) is 4.79 Å². The molecule has 0 amide bonds. The molecule has 0 radical (unpaired) electrons. The first kappa shape index (κ1) is 10.9. The van der Waals surface area contributed by atoms with Crippen LogP contribution < -0.4 is 5.32 Å². The molecule has 5 nitrogen and oxygen atoms in total. The summed E-state index contributed by atoms with van der Waals surface area (Å²) < 4.78 is 0. The van der Waals surface area contributed by atoms with Gasteiger partial charge in [-0.3, -0.25) is 0 Å². The number of rotatable bonds is 4. The minimum absolute atomic E-state index is 0.0822. The maximum Gasteiger partial charge on any atom is 0.356 e. The molecular weight excluding hydrogens is 206 g/mol. The number of carboxylic acid groups (broad SMARTS) is 1. The summed E-state index contributed by atoms with van der Waals surface area (Å²) in [6.45, 7) is 1.90. The van der Waals surface area contributed by atoms with Crippen LogP contribution in [0.25, 0.3) is 0 Å². The first-order valence-corrected chi connectivity index (χ1v) is 5.56. The molecule has 0 atom stereocenters. The molecule has 0 bridgehead atoms. The van der Waals surface area contributed by atoms with Gasteiger partial charge in [-0.05, 0) is 19.3 Å². The van der Waals surface area contributed by atoms with Crippen molar-refractivity contribution in [2.24, 2.45) is 0 Å². The molecule has 1 heterocycles. The highest BCUT2D eigenvalue weighted by Gasteiger charge is 2.21. The fourth-order valence-electron chi connectivity index (χ4n) is 1.63. The molecule has 2 N–H and O–H groups in total. The zero-order valence-electron chi connectivity index (χ0n) is 9.23. The number of nitrogens with one attached hydrogen (secondary N) is 1. The van der Waals surface area contributed by atoms with Gasteiger partial charge in [0, 0.05) is 12.5 Å². The van der Waals surface area contributed by atoms with E-state index in [-0.39, 0.29) is 5.69 Å². The summed E-state index contributed by atoms with van der Waals surface area (Å²) >= 11 is 0. The predicted octanol–water partition coefficient (Wildman–Crippen LogP) is 1.70. The monoisotopic (exact) mass is 221 g/mol. The second kappa shape index (κ2) is 4.47. The Bertz CT molecular complexity index is 402. The molecule has 1 aliphatic carbocycles. The third kappa shape index (κ3) is 2.13. The van der Waals surface area contributed by atoms with Crippen LogP contribution >= 0.6 is 0 Å². The van der Waals surface area contributed by atoms with E-state index in [1.807, 2.05) is 6.92 Å². The molecule has 0 aliphatic heterocycles. The van der Waals surface area contributed by atoms with Crippen molar-refractivity contribution in [3.63, 3.8) is 0 Å². The number of carboxylic acids is 1. The van der Waals surface area contributed by atoms with Crippen molar-refractivity contribution >= 4 is 11.7 Å². The van der Waals surface area contributed by atoms with Crippen LogP contribution in [0.3, 0.4) is 0 Å². The number of anilines is 1. The van der Waals surface area contributed by atoms with Gasteiger partial charge in [-0.25, -0.2) is 14.8 Å². The van der Waals surface area contributed by atoms with Gasteiger partial charge in [0.25, 0.3) is 0 Å². The van der Waals surface area contributed by atoms with E-state index in [0.717, 1.165) is 12.8 Å². The Morgan fingerprint density at radius 3 is 2.88 bits per heavy atom. The number of hydrogen-bond donors (Lipinski definition) is 2. The van der Waals surface area contributed by atoms with E-state index < -0.39 is 5.97 Å². The normalized spacial score (nSPS) is 15.6. The number of aromatic carboxylic acids is 1. The Balaban J connectivity index is 2.24. The molecule has 2 rings (SSSR count). The lowest BCUT2D eigenvalue weighted by atomic mass is 9.93. The summed E-state index contributed by atoms with van der Waals surface area (Å²) in [6, 6.07) is 0.383. The van der Waals surface area contributed by atoms with Crippen molar-refractivity contribution in [1.29, 1.82) is 0 Å². The highest BCUT2D eigenvalue weighted by molar-refractivity contribution is 5.91. The van der Waals surface area contributed by atoms with E-state index in [2.05, 4.69) is 15.3 Å². The Morgan fingerprint density at radius 1 is 1.62 bits per heavy atom. The van der Waals surface area contributed by atoms with Gasteiger partial charge in [-0.1, -0.05) is 6.92 Å². The first-order chi connectivity index (χ1) is 7.70. The lowest BCUT2D eigenvalue weighted by Gasteiger charge is -2.27. The van der Waals surface area contributed by atoms with Crippen molar-refractivity contribution in [2.75, 3.05) is 5.32 Å². The molecule has 0 aromatic carbocycles. The lowest BCUT2D eigenvalue weighted by Crippen LogP contribution is -2.28. The van der Waals surface area contributed by atoms with Crippen LogP contribution in [0.1, 0.15) is 42.5 Å². The minimum atomic E-state index is -1.00. The van der Waals surface area contributed by atoms with Gasteiger partial charge in [0.2, 0.25) is 0 Å². The van der Waals surface area contributed by atoms with Gasteiger partial charge < -0.3 is 10.4 Å². The molecule has 16 heavy (non-hydrogen) atoms. The average Bonchev–Trinajstić information content (AvgIpc) is 2.23. The maximum absolute atomic E-state index is 11.0. The summed E-state index contributed by atoms with van der Waals surface area (Å²) in [4.78, 5) is 19.2. The molecule has 0 spiro atoms. The molecular formula is C11H15N3O2. The predicted molar refractivity (Wildman–Crippen MR) is 59.6 cm³/mol. The topological polar surface area (TPSA) is 75.1 Å². The summed E-state index contributed by atoms with van der Waals surface area (Å²) in [6.07, 6.45) is 5.61. The van der Waals surface area contributed by atoms with Crippen molar-refractivity contribution < 1.29 is 9.90 Å².